The minimum Gasteiger partial charge on any atom is -0.357 e. The topological polar surface area (TPSA) is 67.4 Å². The molecule has 3 aromatic carbocycles. The van der Waals surface area contributed by atoms with Gasteiger partial charge in [0.05, 0.1) is 17.9 Å². The molecule has 5 nitrogen and oxygen atoms in total. The average molecular weight is 580 g/mol. The monoisotopic (exact) mass is 578 g/mol. The van der Waals surface area contributed by atoms with E-state index < -0.39 is 29.6 Å². The third kappa shape index (κ3) is 5.93. The summed E-state index contributed by atoms with van der Waals surface area (Å²) in [6.45, 7) is 8.49. The van der Waals surface area contributed by atoms with Crippen LogP contribution in [0.25, 0.3) is 0 Å². The molecule has 0 aromatic heterocycles. The molecule has 0 bridgehead atoms. The van der Waals surface area contributed by atoms with Crippen molar-refractivity contribution >= 4 is 40.6 Å². The lowest BCUT2D eigenvalue weighted by atomic mass is 9.59. The SMILES string of the molecule is Cc1ccc(N[C@@]2(C)OC3CC(C)(C)CC(=O)C3[C@H](c3ccc(Cl)cc3Cl)[C@H]2C(=O)NCc2ccccc2)cc1. The van der Waals surface area contributed by atoms with Crippen molar-refractivity contribution in [2.24, 2.45) is 17.3 Å². The van der Waals surface area contributed by atoms with Crippen LogP contribution in [-0.4, -0.2) is 23.5 Å². The standard InChI is InChI=1S/C33H36Cl2N2O3/c1-20-10-13-23(14-11-20)37-33(4)30(31(39)36-19-21-8-6-5-7-9-21)28(24-15-12-22(34)16-25(24)35)29-26(38)17-32(2,3)18-27(29)40-33/h5-16,27-30,37H,17-19H2,1-4H3,(H,36,39)/t27?,28-,29?,30-,33-/m0/s1. The summed E-state index contributed by atoms with van der Waals surface area (Å²) in [6, 6.07) is 23.1. The van der Waals surface area contributed by atoms with Gasteiger partial charge in [0.2, 0.25) is 5.91 Å². The van der Waals surface area contributed by atoms with E-state index in [1.807, 2.05) is 74.5 Å². The van der Waals surface area contributed by atoms with Gasteiger partial charge < -0.3 is 15.4 Å². The highest BCUT2D eigenvalue weighted by Gasteiger charge is 2.60. The molecule has 1 aliphatic heterocycles. The molecule has 2 aliphatic rings. The smallest absolute Gasteiger partial charge is 0.228 e. The molecule has 40 heavy (non-hydrogen) atoms. The number of ether oxygens (including phenoxy) is 1. The second-order valence-corrected chi connectivity index (χ2v) is 13.0. The predicted octanol–water partition coefficient (Wildman–Crippen LogP) is 7.55. The number of hydrogen-bond donors (Lipinski definition) is 2. The van der Waals surface area contributed by atoms with Crippen molar-refractivity contribution in [1.82, 2.24) is 5.32 Å². The second-order valence-electron chi connectivity index (χ2n) is 12.2. The fourth-order valence-corrected chi connectivity index (χ4v) is 7.04. The quantitative estimate of drug-likeness (QED) is 0.317. The number of carbonyl (C=O) groups is 2. The second kappa shape index (κ2) is 11.2. The lowest BCUT2D eigenvalue weighted by molar-refractivity contribution is -0.198. The van der Waals surface area contributed by atoms with Crippen LogP contribution in [0, 0.1) is 24.2 Å². The van der Waals surface area contributed by atoms with Gasteiger partial charge in [-0.05, 0) is 61.1 Å². The van der Waals surface area contributed by atoms with Gasteiger partial charge in [0, 0.05) is 34.6 Å². The zero-order valence-corrected chi connectivity index (χ0v) is 24.9. The van der Waals surface area contributed by atoms with Crippen LogP contribution in [0.3, 0.4) is 0 Å². The third-order valence-electron chi connectivity index (χ3n) is 8.27. The van der Waals surface area contributed by atoms with Crippen LogP contribution in [0.4, 0.5) is 5.69 Å². The van der Waals surface area contributed by atoms with Gasteiger partial charge in [-0.15, -0.1) is 0 Å². The van der Waals surface area contributed by atoms with Crippen LogP contribution in [0.5, 0.6) is 0 Å². The largest absolute Gasteiger partial charge is 0.357 e. The number of nitrogens with one attached hydrogen (secondary N) is 2. The van der Waals surface area contributed by atoms with Gasteiger partial charge in [-0.25, -0.2) is 0 Å². The molecule has 3 aromatic rings. The van der Waals surface area contributed by atoms with Crippen LogP contribution in [0.2, 0.25) is 10.0 Å². The van der Waals surface area contributed by atoms with Crippen LogP contribution in [0.1, 0.15) is 56.2 Å². The summed E-state index contributed by atoms with van der Waals surface area (Å²) in [4.78, 5) is 28.1. The number of hydrogen-bond acceptors (Lipinski definition) is 4. The zero-order chi connectivity index (χ0) is 28.7. The first-order valence-electron chi connectivity index (χ1n) is 13.8. The third-order valence-corrected chi connectivity index (χ3v) is 8.83. The summed E-state index contributed by atoms with van der Waals surface area (Å²) in [5.41, 5.74) is 2.31. The number of amides is 1. The van der Waals surface area contributed by atoms with E-state index in [9.17, 15) is 9.59 Å². The molecule has 1 saturated heterocycles. The fraction of sp³-hybridized carbons (Fsp3) is 0.394. The van der Waals surface area contributed by atoms with Gasteiger partial charge in [-0.1, -0.05) is 91.1 Å². The first kappa shape index (κ1) is 28.7. The number of anilines is 1. The molecule has 210 valence electrons. The van der Waals surface area contributed by atoms with Gasteiger partial charge in [-0.2, -0.15) is 0 Å². The summed E-state index contributed by atoms with van der Waals surface area (Å²) in [7, 11) is 0. The minimum atomic E-state index is -1.14. The molecule has 5 rings (SSSR count). The van der Waals surface area contributed by atoms with Crippen LogP contribution < -0.4 is 10.6 Å². The maximum Gasteiger partial charge on any atom is 0.228 e. The van der Waals surface area contributed by atoms with Crippen molar-refractivity contribution in [2.75, 3.05) is 5.32 Å². The van der Waals surface area contributed by atoms with Crippen LogP contribution in [0.15, 0.2) is 72.8 Å². The molecule has 7 heteroatoms. The molecule has 0 radical (unpaired) electrons. The lowest BCUT2D eigenvalue weighted by Crippen LogP contribution is -2.64. The molecule has 2 unspecified atom stereocenters. The number of halogens is 2. The number of aryl methyl sites for hydroxylation is 1. The van der Waals surface area contributed by atoms with Crippen molar-refractivity contribution in [3.05, 3.63) is 99.5 Å². The molecule has 1 heterocycles. The zero-order valence-electron chi connectivity index (χ0n) is 23.3. The van der Waals surface area contributed by atoms with Gasteiger partial charge in [-0.3, -0.25) is 9.59 Å². The Labute approximate surface area is 246 Å². The van der Waals surface area contributed by atoms with Crippen LogP contribution >= 0.6 is 23.2 Å². The number of carbonyl (C=O) groups excluding carboxylic acids is 2. The Hall–Kier alpha value is -2.86. The summed E-state index contributed by atoms with van der Waals surface area (Å²) < 4.78 is 6.86. The highest BCUT2D eigenvalue weighted by atomic mass is 35.5. The Balaban J connectivity index is 1.62. The Kier molecular flexibility index (Phi) is 8.02. The average Bonchev–Trinajstić information content (AvgIpc) is 2.88. The van der Waals surface area contributed by atoms with Crippen molar-refractivity contribution in [3.63, 3.8) is 0 Å². The van der Waals surface area contributed by atoms with E-state index in [4.69, 9.17) is 27.9 Å². The highest BCUT2D eigenvalue weighted by molar-refractivity contribution is 6.35. The molecule has 1 aliphatic carbocycles. The Bertz CT molecular complexity index is 1390. The van der Waals surface area contributed by atoms with E-state index in [-0.39, 0.29) is 17.1 Å². The summed E-state index contributed by atoms with van der Waals surface area (Å²) >= 11 is 13.1. The number of ketones is 1. The van der Waals surface area contributed by atoms with Gasteiger partial charge in [0.1, 0.15) is 11.5 Å². The Morgan fingerprint density at radius 3 is 2.35 bits per heavy atom. The van der Waals surface area contributed by atoms with Gasteiger partial charge in [0.25, 0.3) is 0 Å². The summed E-state index contributed by atoms with van der Waals surface area (Å²) in [6.07, 6.45) is 0.711. The van der Waals surface area contributed by atoms with E-state index in [1.165, 1.54) is 0 Å². The summed E-state index contributed by atoms with van der Waals surface area (Å²) in [5, 5.41) is 7.63. The van der Waals surface area contributed by atoms with E-state index in [1.54, 1.807) is 12.1 Å². The molecule has 5 atom stereocenters. The Morgan fingerprint density at radius 2 is 1.68 bits per heavy atom. The molecular weight excluding hydrogens is 543 g/mol. The molecule has 1 amide bonds. The number of benzene rings is 3. The normalized spacial score (nSPS) is 27.5. The maximum absolute atomic E-state index is 14.3. The molecule has 0 spiro atoms. The van der Waals surface area contributed by atoms with Crippen LogP contribution in [-0.2, 0) is 20.9 Å². The summed E-state index contributed by atoms with van der Waals surface area (Å²) in [5.74, 6) is -1.94. The van der Waals surface area contributed by atoms with E-state index in [0.29, 0.717) is 29.4 Å². The van der Waals surface area contributed by atoms with E-state index in [2.05, 4.69) is 24.5 Å². The first-order chi connectivity index (χ1) is 19.0. The lowest BCUT2D eigenvalue weighted by Gasteiger charge is -2.55. The first-order valence-corrected chi connectivity index (χ1v) is 14.5. The van der Waals surface area contributed by atoms with E-state index in [0.717, 1.165) is 22.4 Å². The molecule has 2 N–H and O–H groups in total. The minimum absolute atomic E-state index is 0.0931. The number of fused-ring (bicyclic) bond motifs is 1. The van der Waals surface area contributed by atoms with E-state index >= 15 is 0 Å². The molecular formula is C33H36Cl2N2O3. The number of Topliss-reactive ketones (excluding diaryl/α,β-unsaturated/α-hetero) is 1. The molecule has 2 fully saturated rings. The predicted molar refractivity (Wildman–Crippen MR) is 161 cm³/mol. The number of rotatable bonds is 6. The van der Waals surface area contributed by atoms with Crippen molar-refractivity contribution in [1.29, 1.82) is 0 Å². The van der Waals surface area contributed by atoms with Crippen molar-refractivity contribution in [2.45, 2.75) is 64.8 Å². The fourth-order valence-electron chi connectivity index (χ4n) is 6.51. The Morgan fingerprint density at radius 1 is 0.975 bits per heavy atom. The molecule has 1 saturated carbocycles. The van der Waals surface area contributed by atoms with Crippen molar-refractivity contribution in [3.8, 4) is 0 Å². The van der Waals surface area contributed by atoms with Crippen molar-refractivity contribution < 1.29 is 14.3 Å². The maximum atomic E-state index is 14.3. The highest BCUT2D eigenvalue weighted by Crippen LogP contribution is 2.54. The van der Waals surface area contributed by atoms with Gasteiger partial charge in [0.15, 0.2) is 0 Å². The van der Waals surface area contributed by atoms with Gasteiger partial charge >= 0.3 is 0 Å².